The molecule has 0 spiro atoms. The van der Waals surface area contributed by atoms with Gasteiger partial charge in [-0.05, 0) is 57.3 Å². The number of amides is 4. The summed E-state index contributed by atoms with van der Waals surface area (Å²) in [6.45, 7) is 6.13. The maximum absolute atomic E-state index is 12.4. The van der Waals surface area contributed by atoms with Gasteiger partial charge in [0.25, 0.3) is 5.71 Å². The molecule has 13 heteroatoms. The number of fused-ring (bicyclic) bond motifs is 1. The molecule has 0 aromatic rings. The molecule has 4 N–H and O–H groups in total. The third kappa shape index (κ3) is 14.1. The Bertz CT molecular complexity index is 969. The summed E-state index contributed by atoms with van der Waals surface area (Å²) in [5.74, 6) is 1.70. The highest BCUT2D eigenvalue weighted by atomic mass is 32.2. The molecule has 1 saturated carbocycles. The van der Waals surface area contributed by atoms with Gasteiger partial charge < -0.3 is 41.0 Å². The van der Waals surface area contributed by atoms with E-state index >= 15 is 0 Å². The van der Waals surface area contributed by atoms with Gasteiger partial charge in [0, 0.05) is 62.6 Å². The number of carbonyl (C=O) groups excluding carboxylic acids is 3. The number of urea groups is 1. The van der Waals surface area contributed by atoms with Crippen molar-refractivity contribution in [3.05, 3.63) is 17.7 Å². The maximum atomic E-state index is 12.4. The molecule has 12 nitrogen and oxygen atoms in total. The Morgan fingerprint density at radius 2 is 1.59 bits per heavy atom. The summed E-state index contributed by atoms with van der Waals surface area (Å²) < 4.78 is 16.7. The largest absolute Gasteiger partial charge is 0.379 e. The summed E-state index contributed by atoms with van der Waals surface area (Å²) in [7, 11) is 0. The first-order valence-electron chi connectivity index (χ1n) is 16.3. The maximum Gasteiger partial charge on any atom is 0.315 e. The van der Waals surface area contributed by atoms with E-state index in [4.69, 9.17) is 19.7 Å². The normalized spacial score (nSPS) is 24.4. The Kier molecular flexibility index (Phi) is 17.5. The van der Waals surface area contributed by atoms with Crippen LogP contribution in [0.1, 0.15) is 71.1 Å². The molecule has 1 aliphatic carbocycles. The van der Waals surface area contributed by atoms with Gasteiger partial charge in [0.15, 0.2) is 0 Å². The van der Waals surface area contributed by atoms with Gasteiger partial charge in [-0.2, -0.15) is 16.6 Å². The number of hydrogen-bond donors (Lipinski definition) is 4. The summed E-state index contributed by atoms with van der Waals surface area (Å²) in [6, 6.07) is 0.426. The lowest BCUT2D eigenvalue weighted by Crippen LogP contribution is -2.36. The zero-order valence-electron chi connectivity index (χ0n) is 26.2. The minimum absolute atomic E-state index is 0.0560. The number of allylic oxidation sites excluding steroid dienone is 2. The van der Waals surface area contributed by atoms with Crippen LogP contribution in [0.3, 0.4) is 0 Å². The standard InChI is InChI=1S/C31H52N6O6S/c1-23(37-32)8-9-24-10-12-25(13-11-24)30(39)34-15-5-17-42-19-21-43-20-18-41-16-4-14-33-28(38)7-3-2-6-27-29-26(22-44-27)35-31(40)36-29/h8-9,24-27,29H,2-7,10-22H2,1H3,(H,33,38)(H,34,39)(H2,35,36,40)/b9-8-. The zero-order valence-corrected chi connectivity index (χ0v) is 27.0. The fraction of sp³-hybridized carbons (Fsp3) is 0.806. The molecule has 248 valence electrons. The van der Waals surface area contributed by atoms with Crippen molar-refractivity contribution in [2.75, 3.05) is 58.5 Å². The van der Waals surface area contributed by atoms with Gasteiger partial charge in [-0.1, -0.05) is 12.5 Å². The second kappa shape index (κ2) is 21.3. The van der Waals surface area contributed by atoms with Gasteiger partial charge in [-0.25, -0.2) is 4.79 Å². The second-order valence-electron chi connectivity index (χ2n) is 11.8. The van der Waals surface area contributed by atoms with E-state index in [1.54, 1.807) is 6.92 Å². The van der Waals surface area contributed by atoms with E-state index in [1.807, 2.05) is 17.8 Å². The first-order valence-corrected chi connectivity index (χ1v) is 17.3. The SMILES string of the molecule is CC(/C=C\C1CCC(C(=O)NCCCOCCOCCOCCCNC(=O)CCCCC2SCC3NC(=O)NC32)CC1)=[N+]=[N-]. The Labute approximate surface area is 266 Å². The predicted octanol–water partition coefficient (Wildman–Crippen LogP) is 2.83. The first-order chi connectivity index (χ1) is 21.5. The fourth-order valence-corrected chi connectivity index (χ4v) is 7.26. The average Bonchev–Trinajstić information content (AvgIpc) is 3.59. The highest BCUT2D eigenvalue weighted by Crippen LogP contribution is 2.33. The molecule has 44 heavy (non-hydrogen) atoms. The zero-order chi connectivity index (χ0) is 31.4. The Morgan fingerprint density at radius 3 is 2.27 bits per heavy atom. The van der Waals surface area contributed by atoms with Crippen molar-refractivity contribution < 1.29 is 33.4 Å². The van der Waals surface area contributed by atoms with E-state index in [0.29, 0.717) is 76.0 Å². The highest BCUT2D eigenvalue weighted by Gasteiger charge is 2.42. The van der Waals surface area contributed by atoms with E-state index in [0.717, 1.165) is 63.5 Å². The number of unbranched alkanes of at least 4 members (excludes halogenated alkanes) is 1. The topological polar surface area (TPSA) is 163 Å². The Balaban J connectivity index is 1.01. The lowest BCUT2D eigenvalue weighted by Gasteiger charge is -2.25. The van der Waals surface area contributed by atoms with Crippen LogP contribution in [0.2, 0.25) is 0 Å². The fourth-order valence-electron chi connectivity index (χ4n) is 5.72. The van der Waals surface area contributed by atoms with E-state index in [-0.39, 0.29) is 35.8 Å². The van der Waals surface area contributed by atoms with Crippen molar-refractivity contribution in [2.45, 2.75) is 88.5 Å². The molecule has 3 rings (SSSR count). The molecular formula is C31H52N6O6S. The monoisotopic (exact) mass is 636 g/mol. The molecule has 0 aromatic heterocycles. The smallest absolute Gasteiger partial charge is 0.315 e. The van der Waals surface area contributed by atoms with Crippen LogP contribution >= 0.6 is 11.8 Å². The molecule has 3 unspecified atom stereocenters. The van der Waals surface area contributed by atoms with Crippen molar-refractivity contribution in [2.24, 2.45) is 11.8 Å². The number of hydrogen-bond acceptors (Lipinski definition) is 7. The van der Waals surface area contributed by atoms with Gasteiger partial charge in [0.05, 0.1) is 38.5 Å². The molecule has 0 radical (unpaired) electrons. The molecule has 0 bridgehead atoms. The number of rotatable bonds is 22. The quantitative estimate of drug-likeness (QED) is 0.0467. The molecule has 3 atom stereocenters. The van der Waals surface area contributed by atoms with Crippen LogP contribution in [-0.4, -0.2) is 104 Å². The minimum atomic E-state index is -0.0560. The molecule has 3 aliphatic rings. The van der Waals surface area contributed by atoms with Crippen LogP contribution in [0.25, 0.3) is 5.53 Å². The van der Waals surface area contributed by atoms with E-state index in [1.165, 1.54) is 0 Å². The van der Waals surface area contributed by atoms with Gasteiger partial charge in [-0.15, -0.1) is 0 Å². The van der Waals surface area contributed by atoms with Crippen LogP contribution in [0.5, 0.6) is 0 Å². The molecule has 3 fully saturated rings. The van der Waals surface area contributed by atoms with E-state index < -0.39 is 0 Å². The van der Waals surface area contributed by atoms with Crippen LogP contribution in [0, 0.1) is 11.8 Å². The minimum Gasteiger partial charge on any atom is -0.379 e. The van der Waals surface area contributed by atoms with Crippen LogP contribution in [0.15, 0.2) is 12.2 Å². The summed E-state index contributed by atoms with van der Waals surface area (Å²) in [6.07, 6.45) is 12.6. The molecule has 2 saturated heterocycles. The third-order valence-corrected chi connectivity index (χ3v) is 9.80. The number of carbonyl (C=O) groups is 3. The van der Waals surface area contributed by atoms with Crippen molar-refractivity contribution in [1.29, 1.82) is 0 Å². The van der Waals surface area contributed by atoms with Gasteiger partial charge in [0.1, 0.15) is 0 Å². The molecule has 0 aromatic carbocycles. The summed E-state index contributed by atoms with van der Waals surface area (Å²) >= 11 is 1.91. The van der Waals surface area contributed by atoms with Crippen LogP contribution < -0.4 is 21.3 Å². The molecular weight excluding hydrogens is 584 g/mol. The molecule has 2 aliphatic heterocycles. The van der Waals surface area contributed by atoms with Gasteiger partial charge in [0.2, 0.25) is 11.8 Å². The summed E-state index contributed by atoms with van der Waals surface area (Å²) in [5.41, 5.74) is 9.31. The van der Waals surface area contributed by atoms with Gasteiger partial charge in [-0.3, -0.25) is 9.59 Å². The number of nitrogens with one attached hydrogen (secondary N) is 4. The van der Waals surface area contributed by atoms with Crippen molar-refractivity contribution >= 4 is 35.3 Å². The van der Waals surface area contributed by atoms with E-state index in [9.17, 15) is 14.4 Å². The number of thioether (sulfide) groups is 1. The average molecular weight is 637 g/mol. The Morgan fingerprint density at radius 1 is 0.932 bits per heavy atom. The summed E-state index contributed by atoms with van der Waals surface area (Å²) in [4.78, 5) is 39.1. The van der Waals surface area contributed by atoms with E-state index in [2.05, 4.69) is 32.1 Å². The van der Waals surface area contributed by atoms with Crippen molar-refractivity contribution in [3.8, 4) is 0 Å². The first kappa shape index (κ1) is 36.0. The lowest BCUT2D eigenvalue weighted by molar-refractivity contribution is -0.126. The lowest BCUT2D eigenvalue weighted by atomic mass is 9.81. The number of ether oxygens (including phenoxy) is 3. The van der Waals surface area contributed by atoms with Crippen LogP contribution in [-0.2, 0) is 23.8 Å². The van der Waals surface area contributed by atoms with Crippen molar-refractivity contribution in [3.63, 3.8) is 0 Å². The van der Waals surface area contributed by atoms with Crippen LogP contribution in [0.4, 0.5) is 4.79 Å². The van der Waals surface area contributed by atoms with Gasteiger partial charge >= 0.3 is 6.03 Å². The predicted molar refractivity (Wildman–Crippen MR) is 171 cm³/mol. The number of nitrogens with zero attached hydrogens (tertiary/aromatic N) is 2. The summed E-state index contributed by atoms with van der Waals surface area (Å²) in [5, 5.41) is 12.4. The third-order valence-electron chi connectivity index (χ3n) is 8.29. The Hall–Kier alpha value is -2.44. The molecule has 4 amide bonds. The second-order valence-corrected chi connectivity index (χ2v) is 13.0. The highest BCUT2D eigenvalue weighted by molar-refractivity contribution is 8.00. The molecule has 2 heterocycles. The van der Waals surface area contributed by atoms with Crippen molar-refractivity contribution in [1.82, 2.24) is 21.3 Å².